The molecule has 2 aromatic heterocycles. The molecule has 4 rings (SSSR count). The van der Waals surface area contributed by atoms with E-state index in [1.807, 2.05) is 19.1 Å². The predicted octanol–water partition coefficient (Wildman–Crippen LogP) is 1.48. The van der Waals surface area contributed by atoms with Gasteiger partial charge in [0.2, 0.25) is 5.91 Å². The van der Waals surface area contributed by atoms with E-state index in [1.165, 1.54) is 11.6 Å². The van der Waals surface area contributed by atoms with Gasteiger partial charge in [0.15, 0.2) is 11.5 Å². The van der Waals surface area contributed by atoms with Gasteiger partial charge in [-0.15, -0.1) is 0 Å². The van der Waals surface area contributed by atoms with Gasteiger partial charge in [-0.2, -0.15) is 0 Å². The average Bonchev–Trinajstić information content (AvgIpc) is 3.37. The molecule has 0 radical (unpaired) electrons. The van der Waals surface area contributed by atoms with E-state index in [0.29, 0.717) is 35.3 Å². The van der Waals surface area contributed by atoms with Crippen molar-refractivity contribution < 1.29 is 14.3 Å². The Bertz CT molecular complexity index is 1310. The number of fused-ring (bicyclic) bond motifs is 1. The Labute approximate surface area is 200 Å². The molecule has 1 saturated heterocycles. The number of amides is 1. The van der Waals surface area contributed by atoms with Gasteiger partial charge >= 0.3 is 5.69 Å². The van der Waals surface area contributed by atoms with E-state index in [-0.39, 0.29) is 28.8 Å². The number of carbonyl (C=O) groups excluding carboxylic acids is 1. The Morgan fingerprint density at radius 1 is 1.21 bits per heavy atom. The second-order valence-corrected chi connectivity index (χ2v) is 8.91. The first-order valence-electron chi connectivity index (χ1n) is 11.1. The fourth-order valence-electron chi connectivity index (χ4n) is 3.75. The van der Waals surface area contributed by atoms with Crippen molar-refractivity contribution in [2.24, 2.45) is 14.1 Å². The normalized spacial score (nSPS) is 15.6. The van der Waals surface area contributed by atoms with E-state index in [9.17, 15) is 14.4 Å². The van der Waals surface area contributed by atoms with Gasteiger partial charge in [-0.3, -0.25) is 18.7 Å². The maximum Gasteiger partial charge on any atom is 0.332 e. The van der Waals surface area contributed by atoms with E-state index in [0.717, 1.165) is 35.8 Å². The Hall–Kier alpha value is -3.18. The van der Waals surface area contributed by atoms with Crippen LogP contribution >= 0.6 is 11.8 Å². The third kappa shape index (κ3) is 5.00. The van der Waals surface area contributed by atoms with Crippen molar-refractivity contribution in [1.82, 2.24) is 24.4 Å². The first kappa shape index (κ1) is 24.0. The number of aryl methyl sites for hydroxylation is 1. The van der Waals surface area contributed by atoms with Crippen LogP contribution in [0.5, 0.6) is 5.75 Å². The summed E-state index contributed by atoms with van der Waals surface area (Å²) in [6.07, 6.45) is 1.97. The molecular formula is C23H27N5O5S. The molecule has 1 N–H and O–H groups in total. The number of hydrogen-bond donors (Lipinski definition) is 1. The molecule has 0 bridgehead atoms. The van der Waals surface area contributed by atoms with Crippen molar-refractivity contribution in [1.29, 1.82) is 0 Å². The van der Waals surface area contributed by atoms with Crippen LogP contribution in [0.2, 0.25) is 0 Å². The van der Waals surface area contributed by atoms with Crippen LogP contribution in [0.15, 0.2) is 38.9 Å². The van der Waals surface area contributed by atoms with Crippen LogP contribution in [0, 0.1) is 0 Å². The summed E-state index contributed by atoms with van der Waals surface area (Å²) >= 11 is 1.14. The zero-order chi connectivity index (χ0) is 24.2. The largest absolute Gasteiger partial charge is 0.494 e. The molecule has 0 spiro atoms. The SMILES string of the molecule is CCOc1ccc(-c2nc(SCC(=O)NCC3CCCO3)c3c(=O)n(C)c(=O)n(C)c3n2)cc1. The van der Waals surface area contributed by atoms with E-state index < -0.39 is 11.2 Å². The number of thioether (sulfide) groups is 1. The summed E-state index contributed by atoms with van der Waals surface area (Å²) in [7, 11) is 2.97. The minimum atomic E-state index is -0.501. The highest BCUT2D eigenvalue weighted by Crippen LogP contribution is 2.27. The van der Waals surface area contributed by atoms with Crippen LogP contribution in [0.4, 0.5) is 0 Å². The van der Waals surface area contributed by atoms with E-state index in [2.05, 4.69) is 15.3 Å². The lowest BCUT2D eigenvalue weighted by Gasteiger charge is -2.13. The molecular weight excluding hydrogens is 458 g/mol. The number of rotatable bonds is 8. The summed E-state index contributed by atoms with van der Waals surface area (Å²) in [5, 5.41) is 3.42. The number of aromatic nitrogens is 4. The van der Waals surface area contributed by atoms with Gasteiger partial charge in [-0.05, 0) is 44.0 Å². The number of ether oxygens (including phenoxy) is 2. The van der Waals surface area contributed by atoms with Crippen molar-refractivity contribution >= 4 is 28.7 Å². The summed E-state index contributed by atoms with van der Waals surface area (Å²) in [5.74, 6) is 0.941. The van der Waals surface area contributed by atoms with Crippen LogP contribution in [0.3, 0.4) is 0 Å². The minimum Gasteiger partial charge on any atom is -0.494 e. The molecule has 10 nitrogen and oxygen atoms in total. The first-order chi connectivity index (χ1) is 16.4. The highest BCUT2D eigenvalue weighted by molar-refractivity contribution is 8.00. The van der Waals surface area contributed by atoms with Gasteiger partial charge in [0, 0.05) is 32.8 Å². The number of benzene rings is 1. The average molecular weight is 486 g/mol. The molecule has 1 unspecified atom stereocenters. The Balaban J connectivity index is 1.68. The van der Waals surface area contributed by atoms with E-state index in [4.69, 9.17) is 9.47 Å². The van der Waals surface area contributed by atoms with Gasteiger partial charge in [-0.1, -0.05) is 11.8 Å². The predicted molar refractivity (Wildman–Crippen MR) is 129 cm³/mol. The van der Waals surface area contributed by atoms with Crippen LogP contribution < -0.4 is 21.3 Å². The molecule has 3 aromatic rings. The Morgan fingerprint density at radius 2 is 1.97 bits per heavy atom. The third-order valence-corrected chi connectivity index (χ3v) is 6.56. The first-order valence-corrected chi connectivity index (χ1v) is 12.1. The topological polar surface area (TPSA) is 117 Å². The summed E-state index contributed by atoms with van der Waals surface area (Å²) in [6, 6.07) is 7.24. The van der Waals surface area contributed by atoms with Crippen molar-refractivity contribution in [3.63, 3.8) is 0 Å². The van der Waals surface area contributed by atoms with Crippen molar-refractivity contribution in [3.8, 4) is 17.1 Å². The van der Waals surface area contributed by atoms with Gasteiger partial charge in [0.25, 0.3) is 5.56 Å². The maximum absolute atomic E-state index is 13.0. The van der Waals surface area contributed by atoms with Gasteiger partial charge in [-0.25, -0.2) is 14.8 Å². The lowest BCUT2D eigenvalue weighted by Crippen LogP contribution is -2.38. The smallest absolute Gasteiger partial charge is 0.332 e. The number of nitrogens with zero attached hydrogens (tertiary/aromatic N) is 4. The van der Waals surface area contributed by atoms with Gasteiger partial charge in [0.05, 0.1) is 18.5 Å². The van der Waals surface area contributed by atoms with Crippen LogP contribution in [0.1, 0.15) is 19.8 Å². The van der Waals surface area contributed by atoms with Crippen LogP contribution in [-0.2, 0) is 23.6 Å². The molecule has 1 amide bonds. The molecule has 0 saturated carbocycles. The monoisotopic (exact) mass is 485 g/mol. The maximum atomic E-state index is 13.0. The highest BCUT2D eigenvalue weighted by atomic mass is 32.2. The fraction of sp³-hybridized carbons (Fsp3) is 0.435. The quantitative estimate of drug-likeness (QED) is 0.377. The van der Waals surface area contributed by atoms with Crippen LogP contribution in [-0.4, -0.2) is 56.6 Å². The zero-order valence-corrected chi connectivity index (χ0v) is 20.2. The Kier molecular flexibility index (Phi) is 7.32. The van der Waals surface area contributed by atoms with Gasteiger partial charge < -0.3 is 14.8 Å². The molecule has 1 atom stereocenters. The zero-order valence-electron chi connectivity index (χ0n) is 19.4. The van der Waals surface area contributed by atoms with Gasteiger partial charge in [0.1, 0.15) is 16.2 Å². The number of nitrogens with one attached hydrogen (secondary N) is 1. The molecule has 0 aliphatic carbocycles. The van der Waals surface area contributed by atoms with Crippen molar-refractivity contribution in [2.45, 2.75) is 30.9 Å². The molecule has 1 aliphatic rings. The summed E-state index contributed by atoms with van der Waals surface area (Å²) in [4.78, 5) is 47.1. The van der Waals surface area contributed by atoms with E-state index in [1.54, 1.807) is 19.2 Å². The number of carbonyl (C=O) groups is 1. The lowest BCUT2D eigenvalue weighted by molar-refractivity contribution is -0.119. The highest BCUT2D eigenvalue weighted by Gasteiger charge is 2.20. The van der Waals surface area contributed by atoms with Crippen molar-refractivity contribution in [3.05, 3.63) is 45.1 Å². The summed E-state index contributed by atoms with van der Waals surface area (Å²) in [6.45, 7) is 3.63. The Morgan fingerprint density at radius 3 is 2.65 bits per heavy atom. The van der Waals surface area contributed by atoms with E-state index >= 15 is 0 Å². The molecule has 1 aliphatic heterocycles. The van der Waals surface area contributed by atoms with Crippen LogP contribution in [0.25, 0.3) is 22.4 Å². The molecule has 1 aromatic carbocycles. The summed E-state index contributed by atoms with van der Waals surface area (Å²) < 4.78 is 13.4. The number of hydrogen-bond acceptors (Lipinski definition) is 8. The molecule has 1 fully saturated rings. The lowest BCUT2D eigenvalue weighted by atomic mass is 10.2. The molecule has 3 heterocycles. The second-order valence-electron chi connectivity index (χ2n) is 7.94. The molecule has 180 valence electrons. The molecule has 34 heavy (non-hydrogen) atoms. The standard InChI is InChI=1S/C23H27N5O5S/c1-4-32-15-9-7-14(8-10-15)19-25-20-18(22(30)28(3)23(31)27(20)2)21(26-19)34-13-17(29)24-12-16-6-5-11-33-16/h7-10,16H,4-6,11-13H2,1-3H3,(H,24,29). The molecule has 11 heteroatoms. The minimum absolute atomic E-state index is 0.0434. The second kappa shape index (κ2) is 10.4. The fourth-order valence-corrected chi connectivity index (χ4v) is 4.59. The summed E-state index contributed by atoms with van der Waals surface area (Å²) in [5.41, 5.74) is -0.0740. The van der Waals surface area contributed by atoms with Crippen molar-refractivity contribution in [2.75, 3.05) is 25.5 Å². The third-order valence-electron chi connectivity index (χ3n) is 5.58.